The molecule has 0 saturated carbocycles. The van der Waals surface area contributed by atoms with Gasteiger partial charge in [-0.05, 0) is 6.07 Å². The molecule has 0 amide bonds. The molecular formula is C5H2Cl3NO2S. The molecule has 0 radical (unpaired) electrons. The molecule has 1 rings (SSSR count). The van der Waals surface area contributed by atoms with Gasteiger partial charge in [0.2, 0.25) is 0 Å². The van der Waals surface area contributed by atoms with Crippen molar-refractivity contribution in [2.75, 3.05) is 0 Å². The van der Waals surface area contributed by atoms with Gasteiger partial charge < -0.3 is 0 Å². The first-order valence-electron chi connectivity index (χ1n) is 2.67. The summed E-state index contributed by atoms with van der Waals surface area (Å²) in [6.45, 7) is 0. The Morgan fingerprint density at radius 1 is 1.33 bits per heavy atom. The van der Waals surface area contributed by atoms with E-state index in [0.717, 1.165) is 12.3 Å². The third-order valence-electron chi connectivity index (χ3n) is 1.05. The minimum Gasteiger partial charge on any atom is -0.243 e. The van der Waals surface area contributed by atoms with Gasteiger partial charge in [-0.2, -0.15) is 0 Å². The quantitative estimate of drug-likeness (QED) is 0.564. The Balaban J connectivity index is 3.43. The number of hydrogen-bond acceptors (Lipinski definition) is 3. The molecule has 0 aliphatic rings. The van der Waals surface area contributed by atoms with E-state index in [4.69, 9.17) is 33.9 Å². The van der Waals surface area contributed by atoms with Gasteiger partial charge in [0.15, 0.2) is 0 Å². The maximum atomic E-state index is 10.8. The normalized spacial score (nSPS) is 11.6. The molecule has 0 aliphatic carbocycles. The van der Waals surface area contributed by atoms with E-state index in [-0.39, 0.29) is 15.1 Å². The lowest BCUT2D eigenvalue weighted by atomic mass is 10.5. The molecule has 66 valence electrons. The van der Waals surface area contributed by atoms with Crippen LogP contribution in [0.3, 0.4) is 0 Å². The van der Waals surface area contributed by atoms with Crippen LogP contribution in [0, 0.1) is 0 Å². The Bertz CT molecular complexity index is 403. The molecule has 0 unspecified atom stereocenters. The van der Waals surface area contributed by atoms with Gasteiger partial charge in [-0.3, -0.25) is 0 Å². The Labute approximate surface area is 83.7 Å². The molecule has 0 saturated heterocycles. The third-order valence-corrected chi connectivity index (χ3v) is 3.03. The zero-order chi connectivity index (χ0) is 9.35. The topological polar surface area (TPSA) is 47.0 Å². The Morgan fingerprint density at radius 2 is 1.92 bits per heavy atom. The molecule has 0 atom stereocenters. The van der Waals surface area contributed by atoms with Gasteiger partial charge >= 0.3 is 0 Å². The monoisotopic (exact) mass is 245 g/mol. The minimum absolute atomic E-state index is 0.0265. The summed E-state index contributed by atoms with van der Waals surface area (Å²) < 4.78 is 21.6. The predicted octanol–water partition coefficient (Wildman–Crippen LogP) is 2.32. The fourth-order valence-electron chi connectivity index (χ4n) is 0.583. The Kier molecular flexibility index (Phi) is 2.83. The van der Waals surface area contributed by atoms with Crippen molar-refractivity contribution in [2.24, 2.45) is 0 Å². The zero-order valence-electron chi connectivity index (χ0n) is 5.46. The van der Waals surface area contributed by atoms with Crippen molar-refractivity contribution < 1.29 is 8.42 Å². The van der Waals surface area contributed by atoms with Crippen LogP contribution < -0.4 is 0 Å². The first kappa shape index (κ1) is 10.1. The average Bonchev–Trinajstić information content (AvgIpc) is 1.92. The highest BCUT2D eigenvalue weighted by Crippen LogP contribution is 2.25. The fourth-order valence-corrected chi connectivity index (χ4v) is 2.25. The van der Waals surface area contributed by atoms with E-state index in [1.165, 1.54) is 0 Å². The van der Waals surface area contributed by atoms with Crippen LogP contribution in [0.2, 0.25) is 10.2 Å². The summed E-state index contributed by atoms with van der Waals surface area (Å²) in [5.41, 5.74) is 0. The maximum Gasteiger partial charge on any atom is 0.262 e. The van der Waals surface area contributed by atoms with Crippen LogP contribution in [0.25, 0.3) is 0 Å². The second-order valence-corrected chi connectivity index (χ2v) is 5.20. The summed E-state index contributed by atoms with van der Waals surface area (Å²) in [7, 11) is 1.20. The van der Waals surface area contributed by atoms with E-state index in [0.29, 0.717) is 0 Å². The molecule has 1 aromatic rings. The van der Waals surface area contributed by atoms with Crippen molar-refractivity contribution >= 4 is 42.9 Å². The summed E-state index contributed by atoms with van der Waals surface area (Å²) in [5, 5.41) is -0.0203. The summed E-state index contributed by atoms with van der Waals surface area (Å²) in [6.07, 6.45) is 1.12. The molecule has 0 N–H and O–H groups in total. The lowest BCUT2D eigenvalue weighted by Crippen LogP contribution is -1.92. The van der Waals surface area contributed by atoms with Crippen LogP contribution >= 0.6 is 33.9 Å². The number of pyridine rings is 1. The van der Waals surface area contributed by atoms with Crippen molar-refractivity contribution in [3.8, 4) is 0 Å². The average molecular weight is 247 g/mol. The standard InChI is InChI=1S/C5H2Cl3NO2S/c6-3-2-9-5(7)1-4(3)12(8,10)11/h1-2H. The number of halogens is 3. The van der Waals surface area contributed by atoms with Gasteiger partial charge in [-0.25, -0.2) is 13.4 Å². The SMILES string of the molecule is O=S(=O)(Cl)c1cc(Cl)ncc1Cl. The van der Waals surface area contributed by atoms with Crippen LogP contribution in [0.1, 0.15) is 0 Å². The molecule has 0 spiro atoms. The van der Waals surface area contributed by atoms with Crippen molar-refractivity contribution in [2.45, 2.75) is 4.90 Å². The van der Waals surface area contributed by atoms with Gasteiger partial charge in [-0.15, -0.1) is 0 Å². The van der Waals surface area contributed by atoms with E-state index in [1.54, 1.807) is 0 Å². The van der Waals surface area contributed by atoms with Gasteiger partial charge in [0.25, 0.3) is 9.05 Å². The predicted molar refractivity (Wildman–Crippen MR) is 47.3 cm³/mol. The molecule has 7 heteroatoms. The highest BCUT2D eigenvalue weighted by Gasteiger charge is 2.15. The summed E-state index contributed by atoms with van der Waals surface area (Å²) >= 11 is 10.9. The maximum absolute atomic E-state index is 10.8. The van der Waals surface area contributed by atoms with Gasteiger partial charge in [0, 0.05) is 16.9 Å². The number of nitrogens with zero attached hydrogens (tertiary/aromatic N) is 1. The Hall–Kier alpha value is -0.0300. The molecule has 1 heterocycles. The van der Waals surface area contributed by atoms with Crippen LogP contribution in [-0.2, 0) is 9.05 Å². The molecular weight excluding hydrogens is 244 g/mol. The first-order chi connectivity index (χ1) is 5.41. The lowest BCUT2D eigenvalue weighted by Gasteiger charge is -1.98. The van der Waals surface area contributed by atoms with Gasteiger partial charge in [0.1, 0.15) is 10.0 Å². The fraction of sp³-hybridized carbons (Fsp3) is 0. The molecule has 0 fully saturated rings. The first-order valence-corrected chi connectivity index (χ1v) is 5.73. The third kappa shape index (κ3) is 2.23. The highest BCUT2D eigenvalue weighted by molar-refractivity contribution is 8.13. The summed E-state index contributed by atoms with van der Waals surface area (Å²) in [4.78, 5) is 3.33. The van der Waals surface area contributed by atoms with Crippen LogP contribution in [0.15, 0.2) is 17.2 Å². The molecule has 3 nitrogen and oxygen atoms in total. The lowest BCUT2D eigenvalue weighted by molar-refractivity contribution is 0.609. The van der Waals surface area contributed by atoms with Gasteiger partial charge in [0.05, 0.1) is 5.02 Å². The number of rotatable bonds is 1. The number of hydrogen-bond donors (Lipinski definition) is 0. The van der Waals surface area contributed by atoms with Crippen LogP contribution in [0.5, 0.6) is 0 Å². The second-order valence-electron chi connectivity index (χ2n) is 1.88. The minimum atomic E-state index is -3.84. The molecule has 12 heavy (non-hydrogen) atoms. The summed E-state index contributed by atoms with van der Waals surface area (Å²) in [5.74, 6) is 0. The smallest absolute Gasteiger partial charge is 0.243 e. The van der Waals surface area contributed by atoms with Crippen molar-refractivity contribution in [1.29, 1.82) is 0 Å². The van der Waals surface area contributed by atoms with Crippen molar-refractivity contribution in [3.05, 3.63) is 22.4 Å². The van der Waals surface area contributed by atoms with E-state index in [2.05, 4.69) is 4.98 Å². The molecule has 1 aromatic heterocycles. The largest absolute Gasteiger partial charge is 0.262 e. The van der Waals surface area contributed by atoms with Crippen molar-refractivity contribution in [3.63, 3.8) is 0 Å². The van der Waals surface area contributed by atoms with E-state index in [9.17, 15) is 8.42 Å². The van der Waals surface area contributed by atoms with Gasteiger partial charge in [-0.1, -0.05) is 23.2 Å². The van der Waals surface area contributed by atoms with Crippen molar-refractivity contribution in [1.82, 2.24) is 4.98 Å². The Morgan fingerprint density at radius 3 is 2.33 bits per heavy atom. The second kappa shape index (κ2) is 3.38. The van der Waals surface area contributed by atoms with E-state index in [1.807, 2.05) is 0 Å². The molecule has 0 aromatic carbocycles. The van der Waals surface area contributed by atoms with E-state index < -0.39 is 9.05 Å². The summed E-state index contributed by atoms with van der Waals surface area (Å²) in [6, 6.07) is 1.09. The molecule has 0 aliphatic heterocycles. The number of aromatic nitrogens is 1. The zero-order valence-corrected chi connectivity index (χ0v) is 8.54. The highest BCUT2D eigenvalue weighted by atomic mass is 35.7. The van der Waals surface area contributed by atoms with E-state index >= 15 is 0 Å². The van der Waals surface area contributed by atoms with Crippen LogP contribution in [0.4, 0.5) is 0 Å². The van der Waals surface area contributed by atoms with Crippen LogP contribution in [-0.4, -0.2) is 13.4 Å². The molecule has 0 bridgehead atoms.